The molecule has 3 nitrogen and oxygen atoms in total. The van der Waals surface area contributed by atoms with Gasteiger partial charge in [0.05, 0.1) is 16.8 Å². The van der Waals surface area contributed by atoms with Crippen LogP contribution in [0.2, 0.25) is 0 Å². The van der Waals surface area contributed by atoms with E-state index in [-0.39, 0.29) is 0 Å². The predicted octanol–water partition coefficient (Wildman–Crippen LogP) is 3.35. The van der Waals surface area contributed by atoms with Gasteiger partial charge in [-0.3, -0.25) is 4.98 Å². The van der Waals surface area contributed by atoms with Crippen molar-refractivity contribution in [2.24, 2.45) is 0 Å². The third-order valence-electron chi connectivity index (χ3n) is 3.20. The molecule has 21 heavy (non-hydrogen) atoms. The van der Waals surface area contributed by atoms with Gasteiger partial charge in [0, 0.05) is 35.7 Å². The molecule has 1 atom stereocenters. The van der Waals surface area contributed by atoms with Crippen LogP contribution in [0.1, 0.15) is 10.7 Å². The Labute approximate surface area is 128 Å². The first-order valence-electron chi connectivity index (χ1n) is 6.89. The number of aliphatic hydroxyl groups is 1. The van der Waals surface area contributed by atoms with E-state index in [1.807, 2.05) is 53.9 Å². The Morgan fingerprint density at radius 3 is 2.57 bits per heavy atom. The molecular formula is C17H16N2OS. The second kappa shape index (κ2) is 6.61. The van der Waals surface area contributed by atoms with E-state index in [0.29, 0.717) is 12.8 Å². The molecule has 106 valence electrons. The van der Waals surface area contributed by atoms with Gasteiger partial charge < -0.3 is 5.11 Å². The van der Waals surface area contributed by atoms with E-state index < -0.39 is 6.10 Å². The number of aliphatic hydroxyl groups excluding tert-OH is 1. The van der Waals surface area contributed by atoms with Crippen molar-refractivity contribution < 1.29 is 5.11 Å². The maximum absolute atomic E-state index is 10.2. The topological polar surface area (TPSA) is 46.0 Å². The molecule has 0 aliphatic heterocycles. The third-order valence-corrected chi connectivity index (χ3v) is 4.07. The average Bonchev–Trinajstić information content (AvgIpc) is 2.97. The van der Waals surface area contributed by atoms with Gasteiger partial charge in [-0.15, -0.1) is 11.3 Å². The number of aromatic nitrogens is 2. The summed E-state index contributed by atoms with van der Waals surface area (Å²) >= 11 is 1.59. The highest BCUT2D eigenvalue weighted by Gasteiger charge is 2.11. The van der Waals surface area contributed by atoms with Crippen molar-refractivity contribution in [1.82, 2.24) is 9.97 Å². The van der Waals surface area contributed by atoms with Crippen LogP contribution in [0.15, 0.2) is 60.1 Å². The lowest BCUT2D eigenvalue weighted by Gasteiger charge is -2.07. The highest BCUT2D eigenvalue weighted by molar-refractivity contribution is 7.09. The quantitative estimate of drug-likeness (QED) is 0.785. The molecule has 2 aromatic heterocycles. The number of rotatable bonds is 5. The number of hydrogen-bond donors (Lipinski definition) is 1. The number of benzene rings is 1. The Hall–Kier alpha value is -2.04. The van der Waals surface area contributed by atoms with E-state index in [1.54, 1.807) is 17.5 Å². The van der Waals surface area contributed by atoms with Crippen molar-refractivity contribution in [3.05, 3.63) is 70.8 Å². The second-order valence-corrected chi connectivity index (χ2v) is 5.82. The molecule has 0 saturated heterocycles. The van der Waals surface area contributed by atoms with Gasteiger partial charge in [-0.1, -0.05) is 36.4 Å². The van der Waals surface area contributed by atoms with Gasteiger partial charge in [0.25, 0.3) is 0 Å². The van der Waals surface area contributed by atoms with E-state index in [0.717, 1.165) is 22.0 Å². The first-order chi connectivity index (χ1) is 10.3. The fourth-order valence-corrected chi connectivity index (χ4v) is 3.06. The minimum Gasteiger partial charge on any atom is -0.392 e. The number of nitrogens with zero attached hydrogens (tertiary/aromatic N) is 2. The lowest BCUT2D eigenvalue weighted by Crippen LogP contribution is -2.14. The predicted molar refractivity (Wildman–Crippen MR) is 85.2 cm³/mol. The average molecular weight is 296 g/mol. The van der Waals surface area contributed by atoms with E-state index in [1.165, 1.54) is 0 Å². The molecule has 3 aromatic rings. The highest BCUT2D eigenvalue weighted by Crippen LogP contribution is 2.22. The van der Waals surface area contributed by atoms with Crippen molar-refractivity contribution in [3.63, 3.8) is 0 Å². The largest absolute Gasteiger partial charge is 0.392 e. The first kappa shape index (κ1) is 13.9. The van der Waals surface area contributed by atoms with Crippen LogP contribution in [0.5, 0.6) is 0 Å². The second-order valence-electron chi connectivity index (χ2n) is 4.88. The van der Waals surface area contributed by atoms with Crippen molar-refractivity contribution >= 4 is 11.3 Å². The van der Waals surface area contributed by atoms with Crippen molar-refractivity contribution in [3.8, 4) is 11.3 Å². The van der Waals surface area contributed by atoms with Gasteiger partial charge in [-0.05, 0) is 12.1 Å². The molecule has 0 spiro atoms. The smallest absolute Gasteiger partial charge is 0.0958 e. The number of hydrogen-bond acceptors (Lipinski definition) is 4. The zero-order chi connectivity index (χ0) is 14.5. The normalized spacial score (nSPS) is 12.2. The number of pyridine rings is 1. The molecule has 2 heterocycles. The maximum atomic E-state index is 10.2. The molecular weight excluding hydrogens is 280 g/mol. The summed E-state index contributed by atoms with van der Waals surface area (Å²) in [6.07, 6.45) is 2.42. The fourth-order valence-electron chi connectivity index (χ4n) is 2.18. The summed E-state index contributed by atoms with van der Waals surface area (Å²) in [5, 5.41) is 13.2. The minimum absolute atomic E-state index is 0.449. The van der Waals surface area contributed by atoms with Crippen LogP contribution in [-0.2, 0) is 12.8 Å². The molecule has 1 unspecified atom stereocenters. The van der Waals surface area contributed by atoms with E-state index in [9.17, 15) is 5.11 Å². The Bertz CT molecular complexity index is 682. The van der Waals surface area contributed by atoms with Crippen LogP contribution in [0.3, 0.4) is 0 Å². The van der Waals surface area contributed by atoms with Gasteiger partial charge >= 0.3 is 0 Å². The summed E-state index contributed by atoms with van der Waals surface area (Å²) in [4.78, 5) is 8.84. The lowest BCUT2D eigenvalue weighted by molar-refractivity contribution is 0.174. The van der Waals surface area contributed by atoms with Crippen LogP contribution < -0.4 is 0 Å². The summed E-state index contributed by atoms with van der Waals surface area (Å²) < 4.78 is 0. The molecule has 3 rings (SSSR count). The minimum atomic E-state index is -0.449. The number of thiazole rings is 1. The van der Waals surface area contributed by atoms with Crippen molar-refractivity contribution in [2.45, 2.75) is 18.9 Å². The molecule has 0 saturated carbocycles. The third kappa shape index (κ3) is 3.74. The maximum Gasteiger partial charge on any atom is 0.0958 e. The molecule has 0 fully saturated rings. The van der Waals surface area contributed by atoms with Crippen LogP contribution in [0, 0.1) is 0 Å². The molecule has 0 radical (unpaired) electrons. The summed E-state index contributed by atoms with van der Waals surface area (Å²) in [5.74, 6) is 0. The van der Waals surface area contributed by atoms with E-state index in [2.05, 4.69) is 9.97 Å². The van der Waals surface area contributed by atoms with E-state index >= 15 is 0 Å². The SMILES string of the molecule is OC(Cc1ccccn1)Cc1nc(-c2ccccc2)cs1. The van der Waals surface area contributed by atoms with Gasteiger partial charge in [0.15, 0.2) is 0 Å². The van der Waals surface area contributed by atoms with Crippen molar-refractivity contribution in [1.29, 1.82) is 0 Å². The summed E-state index contributed by atoms with van der Waals surface area (Å²) in [7, 11) is 0. The van der Waals surface area contributed by atoms with Crippen LogP contribution in [0.25, 0.3) is 11.3 Å². The van der Waals surface area contributed by atoms with Gasteiger partial charge in [0.2, 0.25) is 0 Å². The molecule has 0 bridgehead atoms. The molecule has 0 aliphatic rings. The Balaban J connectivity index is 1.65. The zero-order valence-corrected chi connectivity index (χ0v) is 12.3. The summed E-state index contributed by atoms with van der Waals surface area (Å²) in [6.45, 7) is 0. The standard InChI is InChI=1S/C17H16N2OS/c20-15(10-14-8-4-5-9-18-14)11-17-19-16(12-21-17)13-6-2-1-3-7-13/h1-9,12,15,20H,10-11H2. The molecule has 1 N–H and O–H groups in total. The van der Waals surface area contributed by atoms with Gasteiger partial charge in [-0.25, -0.2) is 4.98 Å². The van der Waals surface area contributed by atoms with Crippen LogP contribution >= 0.6 is 11.3 Å². The monoisotopic (exact) mass is 296 g/mol. The zero-order valence-electron chi connectivity index (χ0n) is 11.5. The summed E-state index contributed by atoms with van der Waals surface area (Å²) in [5.41, 5.74) is 2.99. The highest BCUT2D eigenvalue weighted by atomic mass is 32.1. The van der Waals surface area contributed by atoms with Gasteiger partial charge in [-0.2, -0.15) is 0 Å². The first-order valence-corrected chi connectivity index (χ1v) is 7.77. The van der Waals surface area contributed by atoms with Crippen LogP contribution in [0.4, 0.5) is 0 Å². The Morgan fingerprint density at radius 1 is 1.00 bits per heavy atom. The molecule has 1 aromatic carbocycles. The van der Waals surface area contributed by atoms with Crippen molar-refractivity contribution in [2.75, 3.05) is 0 Å². The fraction of sp³-hybridized carbons (Fsp3) is 0.176. The Kier molecular flexibility index (Phi) is 4.38. The molecule has 0 amide bonds. The lowest BCUT2D eigenvalue weighted by atomic mass is 10.1. The van der Waals surface area contributed by atoms with Gasteiger partial charge in [0.1, 0.15) is 0 Å². The van der Waals surface area contributed by atoms with E-state index in [4.69, 9.17) is 0 Å². The summed E-state index contributed by atoms with van der Waals surface area (Å²) in [6, 6.07) is 15.8. The Morgan fingerprint density at radius 2 is 1.81 bits per heavy atom. The molecule has 0 aliphatic carbocycles. The van der Waals surface area contributed by atoms with Crippen LogP contribution in [-0.4, -0.2) is 21.2 Å². The molecule has 4 heteroatoms.